The third-order valence-corrected chi connectivity index (χ3v) is 0.883. The molecule has 0 aliphatic rings. The number of nitrogens with one attached hydrogen (secondary N) is 1. The van der Waals surface area contributed by atoms with Crippen molar-refractivity contribution in [2.24, 2.45) is 0 Å². The van der Waals surface area contributed by atoms with Crippen LogP contribution in [-0.2, 0) is 4.84 Å². The van der Waals surface area contributed by atoms with Crippen LogP contribution in [0.3, 0.4) is 0 Å². The lowest BCUT2D eigenvalue weighted by molar-refractivity contribution is -0.0939. The second kappa shape index (κ2) is 3.52. The standard InChI is InChI=1S/C8H19NO2/c1-7(2,3)11-9-6-8(4,5)10/h9-10H,6H2,1-5H3. The molecular formula is C8H19NO2. The Labute approximate surface area is 68.7 Å². The minimum absolute atomic E-state index is 0.203. The molecule has 0 saturated carbocycles. The van der Waals surface area contributed by atoms with Crippen LogP contribution in [-0.4, -0.2) is 22.9 Å². The third kappa shape index (κ3) is 9.88. The average molecular weight is 161 g/mol. The van der Waals surface area contributed by atoms with Gasteiger partial charge in [-0.2, -0.15) is 5.48 Å². The summed E-state index contributed by atoms with van der Waals surface area (Å²) in [5.41, 5.74) is 1.80. The molecule has 0 aliphatic carbocycles. The molecule has 3 heteroatoms. The van der Waals surface area contributed by atoms with E-state index in [0.29, 0.717) is 6.54 Å². The Morgan fingerprint density at radius 3 is 1.91 bits per heavy atom. The second-order valence-electron chi connectivity index (χ2n) is 4.35. The predicted octanol–water partition coefficient (Wildman–Crippen LogP) is 1.08. The molecule has 0 rings (SSSR count). The van der Waals surface area contributed by atoms with E-state index in [1.165, 1.54) is 0 Å². The fourth-order valence-corrected chi connectivity index (χ4v) is 0.429. The Hall–Kier alpha value is -0.120. The zero-order valence-corrected chi connectivity index (χ0v) is 8.06. The van der Waals surface area contributed by atoms with Crippen molar-refractivity contribution >= 4 is 0 Å². The van der Waals surface area contributed by atoms with E-state index in [4.69, 9.17) is 4.84 Å². The molecule has 3 nitrogen and oxygen atoms in total. The SMILES string of the molecule is CC(C)(O)CNOC(C)(C)C. The van der Waals surface area contributed by atoms with Crippen LogP contribution in [0.25, 0.3) is 0 Å². The Balaban J connectivity index is 3.44. The predicted molar refractivity (Wildman–Crippen MR) is 45.1 cm³/mol. The molecule has 0 atom stereocenters. The molecule has 0 aromatic heterocycles. The lowest BCUT2D eigenvalue weighted by atomic mass is 10.1. The topological polar surface area (TPSA) is 41.5 Å². The van der Waals surface area contributed by atoms with Gasteiger partial charge in [0.2, 0.25) is 0 Å². The Bertz CT molecular complexity index is 96.2. The summed E-state index contributed by atoms with van der Waals surface area (Å²) < 4.78 is 0. The number of hydrogen-bond donors (Lipinski definition) is 2. The van der Waals surface area contributed by atoms with Gasteiger partial charge in [0.1, 0.15) is 0 Å². The summed E-state index contributed by atoms with van der Waals surface area (Å²) in [5, 5.41) is 9.27. The molecule has 2 N–H and O–H groups in total. The van der Waals surface area contributed by atoms with E-state index in [9.17, 15) is 5.11 Å². The average Bonchev–Trinajstić information content (AvgIpc) is 1.55. The molecule has 0 aromatic rings. The van der Waals surface area contributed by atoms with Gasteiger partial charge in [-0.05, 0) is 34.6 Å². The molecule has 0 saturated heterocycles. The first-order valence-electron chi connectivity index (χ1n) is 3.84. The highest BCUT2D eigenvalue weighted by atomic mass is 16.7. The largest absolute Gasteiger partial charge is 0.389 e. The van der Waals surface area contributed by atoms with Crippen molar-refractivity contribution in [2.45, 2.75) is 45.8 Å². The Morgan fingerprint density at radius 2 is 1.64 bits per heavy atom. The summed E-state index contributed by atoms with van der Waals surface area (Å²) in [4.78, 5) is 5.20. The van der Waals surface area contributed by atoms with Crippen LogP contribution in [0.2, 0.25) is 0 Å². The van der Waals surface area contributed by atoms with E-state index in [0.717, 1.165) is 0 Å². The van der Waals surface area contributed by atoms with Gasteiger partial charge in [0, 0.05) is 6.54 Å². The molecule has 11 heavy (non-hydrogen) atoms. The molecular weight excluding hydrogens is 142 g/mol. The zero-order valence-electron chi connectivity index (χ0n) is 8.06. The molecule has 0 amide bonds. The highest BCUT2D eigenvalue weighted by Crippen LogP contribution is 2.05. The van der Waals surface area contributed by atoms with Crippen molar-refractivity contribution in [1.82, 2.24) is 5.48 Å². The summed E-state index contributed by atoms with van der Waals surface area (Å²) in [5.74, 6) is 0. The van der Waals surface area contributed by atoms with Crippen molar-refractivity contribution in [3.05, 3.63) is 0 Å². The van der Waals surface area contributed by atoms with Crippen LogP contribution in [0.1, 0.15) is 34.6 Å². The van der Waals surface area contributed by atoms with Crippen molar-refractivity contribution in [1.29, 1.82) is 0 Å². The van der Waals surface area contributed by atoms with Crippen LogP contribution in [0.15, 0.2) is 0 Å². The van der Waals surface area contributed by atoms with Gasteiger partial charge in [-0.1, -0.05) is 0 Å². The van der Waals surface area contributed by atoms with E-state index in [-0.39, 0.29) is 5.60 Å². The fourth-order valence-electron chi connectivity index (χ4n) is 0.429. The molecule has 0 heterocycles. The van der Waals surface area contributed by atoms with E-state index >= 15 is 0 Å². The molecule has 68 valence electrons. The number of rotatable bonds is 3. The lowest BCUT2D eigenvalue weighted by Gasteiger charge is -2.23. The maximum Gasteiger partial charge on any atom is 0.0812 e. The summed E-state index contributed by atoms with van der Waals surface area (Å²) in [6.45, 7) is 9.74. The minimum Gasteiger partial charge on any atom is -0.389 e. The van der Waals surface area contributed by atoms with Gasteiger partial charge in [-0.25, -0.2) is 0 Å². The van der Waals surface area contributed by atoms with Crippen molar-refractivity contribution in [3.8, 4) is 0 Å². The van der Waals surface area contributed by atoms with Gasteiger partial charge >= 0.3 is 0 Å². The van der Waals surface area contributed by atoms with Crippen LogP contribution >= 0.6 is 0 Å². The fraction of sp³-hybridized carbons (Fsp3) is 1.00. The molecule has 0 unspecified atom stereocenters. The lowest BCUT2D eigenvalue weighted by Crippen LogP contribution is -2.39. The summed E-state index contributed by atoms with van der Waals surface area (Å²) >= 11 is 0. The Kier molecular flexibility index (Phi) is 3.48. The minimum atomic E-state index is -0.717. The summed E-state index contributed by atoms with van der Waals surface area (Å²) in [6, 6.07) is 0. The quantitative estimate of drug-likeness (QED) is 0.608. The Morgan fingerprint density at radius 1 is 1.18 bits per heavy atom. The molecule has 0 fully saturated rings. The smallest absolute Gasteiger partial charge is 0.0812 e. The molecule has 0 spiro atoms. The van der Waals surface area contributed by atoms with Crippen LogP contribution in [0, 0.1) is 0 Å². The summed E-state index contributed by atoms with van der Waals surface area (Å²) in [6.07, 6.45) is 0. The molecule has 0 bridgehead atoms. The first kappa shape index (κ1) is 10.9. The van der Waals surface area contributed by atoms with Gasteiger partial charge in [0.05, 0.1) is 11.2 Å². The van der Waals surface area contributed by atoms with Crippen LogP contribution in [0.4, 0.5) is 0 Å². The van der Waals surface area contributed by atoms with Crippen molar-refractivity contribution < 1.29 is 9.94 Å². The molecule has 0 aliphatic heterocycles. The van der Waals surface area contributed by atoms with E-state index < -0.39 is 5.60 Å². The summed E-state index contributed by atoms with van der Waals surface area (Å²) in [7, 11) is 0. The van der Waals surface area contributed by atoms with Gasteiger partial charge in [0.25, 0.3) is 0 Å². The monoisotopic (exact) mass is 161 g/mol. The highest BCUT2D eigenvalue weighted by Gasteiger charge is 2.15. The van der Waals surface area contributed by atoms with Crippen molar-refractivity contribution in [2.75, 3.05) is 6.54 Å². The van der Waals surface area contributed by atoms with Gasteiger partial charge in [0.15, 0.2) is 0 Å². The first-order valence-corrected chi connectivity index (χ1v) is 3.84. The normalized spacial score (nSPS) is 13.6. The zero-order chi connectivity index (χ0) is 9.12. The maximum absolute atomic E-state index is 9.27. The first-order chi connectivity index (χ1) is 4.71. The van der Waals surface area contributed by atoms with Crippen LogP contribution in [0.5, 0.6) is 0 Å². The highest BCUT2D eigenvalue weighted by molar-refractivity contribution is 4.66. The second-order valence-corrected chi connectivity index (χ2v) is 4.35. The molecule has 0 aromatic carbocycles. The van der Waals surface area contributed by atoms with E-state index in [1.54, 1.807) is 13.8 Å². The number of hydroxylamine groups is 1. The van der Waals surface area contributed by atoms with E-state index in [2.05, 4.69) is 5.48 Å². The maximum atomic E-state index is 9.27. The molecule has 0 radical (unpaired) electrons. The third-order valence-electron chi connectivity index (χ3n) is 0.883. The van der Waals surface area contributed by atoms with Gasteiger partial charge < -0.3 is 5.11 Å². The van der Waals surface area contributed by atoms with E-state index in [1.807, 2.05) is 20.8 Å². The van der Waals surface area contributed by atoms with Gasteiger partial charge in [-0.15, -0.1) is 0 Å². The van der Waals surface area contributed by atoms with Crippen molar-refractivity contribution in [3.63, 3.8) is 0 Å². The number of aliphatic hydroxyl groups is 1. The van der Waals surface area contributed by atoms with Crippen LogP contribution < -0.4 is 5.48 Å². The number of hydrogen-bond acceptors (Lipinski definition) is 3. The van der Waals surface area contributed by atoms with Gasteiger partial charge in [-0.3, -0.25) is 4.84 Å².